The fourth-order valence-electron chi connectivity index (χ4n) is 2.75. The summed E-state index contributed by atoms with van der Waals surface area (Å²) < 4.78 is 0. The second-order valence-corrected chi connectivity index (χ2v) is 4.85. The molecule has 1 nitrogen and oxygen atoms in total. The summed E-state index contributed by atoms with van der Waals surface area (Å²) in [4.78, 5) is 4.23. The van der Waals surface area contributed by atoms with E-state index in [1.54, 1.807) is 0 Å². The molecule has 1 aliphatic rings. The molecule has 2 heteroatoms. The van der Waals surface area contributed by atoms with Crippen molar-refractivity contribution in [2.24, 2.45) is 0 Å². The SMILES string of the molecule is CCC1CC(c2cccnc2)=Cc2ccccc21.Cl. The Morgan fingerprint density at radius 3 is 2.74 bits per heavy atom. The van der Waals surface area contributed by atoms with Crippen molar-refractivity contribution in [3.63, 3.8) is 0 Å². The van der Waals surface area contributed by atoms with Gasteiger partial charge in [0.1, 0.15) is 0 Å². The number of rotatable bonds is 2. The molecule has 0 N–H and O–H groups in total. The van der Waals surface area contributed by atoms with Crippen molar-refractivity contribution in [2.75, 3.05) is 0 Å². The Bertz CT molecular complexity index is 575. The molecule has 0 amide bonds. The third kappa shape index (κ3) is 2.71. The maximum atomic E-state index is 4.23. The van der Waals surface area contributed by atoms with Gasteiger partial charge in [-0.1, -0.05) is 43.3 Å². The number of pyridine rings is 1. The number of nitrogens with zero attached hydrogens (tertiary/aromatic N) is 1. The van der Waals surface area contributed by atoms with E-state index in [9.17, 15) is 0 Å². The lowest BCUT2D eigenvalue weighted by molar-refractivity contribution is 0.676. The fraction of sp³-hybridized carbons (Fsp3) is 0.235. The van der Waals surface area contributed by atoms with Crippen molar-refractivity contribution < 1.29 is 0 Å². The van der Waals surface area contributed by atoms with Gasteiger partial charge < -0.3 is 0 Å². The van der Waals surface area contributed by atoms with Gasteiger partial charge in [0.25, 0.3) is 0 Å². The molecule has 1 heterocycles. The Kier molecular flexibility index (Phi) is 4.39. The van der Waals surface area contributed by atoms with Crippen LogP contribution in [-0.4, -0.2) is 4.98 Å². The molecule has 1 aromatic carbocycles. The number of benzene rings is 1. The van der Waals surface area contributed by atoms with Crippen LogP contribution in [0.2, 0.25) is 0 Å². The first-order valence-electron chi connectivity index (χ1n) is 6.58. The summed E-state index contributed by atoms with van der Waals surface area (Å²) in [6.45, 7) is 2.27. The molecule has 19 heavy (non-hydrogen) atoms. The van der Waals surface area contributed by atoms with Crippen LogP contribution in [0.1, 0.15) is 42.4 Å². The quantitative estimate of drug-likeness (QED) is 0.754. The van der Waals surface area contributed by atoms with Gasteiger partial charge in [-0.25, -0.2) is 0 Å². The molecule has 0 aliphatic heterocycles. The first-order chi connectivity index (χ1) is 8.88. The first kappa shape index (κ1) is 13.8. The molecule has 3 rings (SSSR count). The number of aromatic nitrogens is 1. The Morgan fingerprint density at radius 2 is 2.00 bits per heavy atom. The van der Waals surface area contributed by atoms with Crippen molar-refractivity contribution in [1.29, 1.82) is 0 Å². The summed E-state index contributed by atoms with van der Waals surface area (Å²) >= 11 is 0. The molecule has 0 spiro atoms. The van der Waals surface area contributed by atoms with E-state index in [0.29, 0.717) is 5.92 Å². The van der Waals surface area contributed by atoms with Crippen molar-refractivity contribution in [1.82, 2.24) is 4.98 Å². The van der Waals surface area contributed by atoms with Crippen molar-refractivity contribution in [3.05, 3.63) is 65.5 Å². The molecule has 2 aromatic rings. The summed E-state index contributed by atoms with van der Waals surface area (Å²) in [5.74, 6) is 0.640. The van der Waals surface area contributed by atoms with Crippen LogP contribution in [0.3, 0.4) is 0 Å². The third-order valence-corrected chi connectivity index (χ3v) is 3.76. The van der Waals surface area contributed by atoms with Gasteiger partial charge in [-0.15, -0.1) is 12.4 Å². The number of hydrogen-bond acceptors (Lipinski definition) is 1. The van der Waals surface area contributed by atoms with Gasteiger partial charge in [0.05, 0.1) is 0 Å². The largest absolute Gasteiger partial charge is 0.264 e. The van der Waals surface area contributed by atoms with Crippen molar-refractivity contribution in [2.45, 2.75) is 25.7 Å². The second-order valence-electron chi connectivity index (χ2n) is 4.85. The molecule has 1 aliphatic carbocycles. The molecule has 0 radical (unpaired) electrons. The van der Waals surface area contributed by atoms with E-state index in [0.717, 1.165) is 6.42 Å². The topological polar surface area (TPSA) is 12.9 Å². The van der Waals surface area contributed by atoms with E-state index in [2.05, 4.69) is 48.3 Å². The maximum absolute atomic E-state index is 4.23. The van der Waals surface area contributed by atoms with E-state index in [4.69, 9.17) is 0 Å². The Hall–Kier alpha value is -1.60. The van der Waals surface area contributed by atoms with E-state index in [-0.39, 0.29) is 12.4 Å². The molecule has 1 atom stereocenters. The number of allylic oxidation sites excluding steroid dienone is 1. The van der Waals surface area contributed by atoms with Crippen molar-refractivity contribution in [3.8, 4) is 0 Å². The molecule has 0 saturated heterocycles. The monoisotopic (exact) mass is 271 g/mol. The Balaban J connectivity index is 0.00000133. The van der Waals surface area contributed by atoms with Gasteiger partial charge >= 0.3 is 0 Å². The minimum atomic E-state index is 0. The summed E-state index contributed by atoms with van der Waals surface area (Å²) in [6, 6.07) is 12.9. The van der Waals surface area contributed by atoms with Crippen LogP contribution < -0.4 is 0 Å². The molecule has 0 saturated carbocycles. The predicted octanol–water partition coefficient (Wildman–Crippen LogP) is 4.94. The molecular weight excluding hydrogens is 254 g/mol. The third-order valence-electron chi connectivity index (χ3n) is 3.76. The standard InChI is InChI=1S/C17H17N.ClH/c1-2-13-10-16(15-7-5-9-18-12-15)11-14-6-3-4-8-17(13)14;/h3-9,11-13H,2,10H2,1H3;1H. The lowest BCUT2D eigenvalue weighted by Crippen LogP contribution is -2.06. The Morgan fingerprint density at radius 1 is 1.16 bits per heavy atom. The zero-order chi connectivity index (χ0) is 12.4. The van der Waals surface area contributed by atoms with E-state index >= 15 is 0 Å². The van der Waals surface area contributed by atoms with Gasteiger partial charge in [0, 0.05) is 12.4 Å². The molecular formula is C17H18ClN. The molecule has 1 aromatic heterocycles. The summed E-state index contributed by atoms with van der Waals surface area (Å²) in [7, 11) is 0. The van der Waals surface area contributed by atoms with Crippen LogP contribution in [0.4, 0.5) is 0 Å². The highest BCUT2D eigenvalue weighted by atomic mass is 35.5. The van der Waals surface area contributed by atoms with E-state index in [1.165, 1.54) is 28.7 Å². The molecule has 1 unspecified atom stereocenters. The predicted molar refractivity (Wildman–Crippen MR) is 83.4 cm³/mol. The highest BCUT2D eigenvalue weighted by molar-refractivity contribution is 5.85. The van der Waals surface area contributed by atoms with E-state index in [1.807, 2.05) is 18.5 Å². The van der Waals surface area contributed by atoms with Crippen LogP contribution in [0.15, 0.2) is 48.8 Å². The lowest BCUT2D eigenvalue weighted by atomic mass is 9.80. The van der Waals surface area contributed by atoms with Crippen molar-refractivity contribution >= 4 is 24.1 Å². The fourth-order valence-corrected chi connectivity index (χ4v) is 2.75. The highest BCUT2D eigenvalue weighted by Gasteiger charge is 2.20. The minimum Gasteiger partial charge on any atom is -0.264 e. The number of fused-ring (bicyclic) bond motifs is 1. The van der Waals surface area contributed by atoms with E-state index < -0.39 is 0 Å². The van der Waals surface area contributed by atoms with Crippen LogP contribution >= 0.6 is 12.4 Å². The normalized spacial score (nSPS) is 17.1. The Labute approximate surface area is 120 Å². The van der Waals surface area contributed by atoms with Crippen LogP contribution in [0.25, 0.3) is 11.6 Å². The minimum absolute atomic E-state index is 0. The zero-order valence-corrected chi connectivity index (χ0v) is 11.9. The smallest absolute Gasteiger partial charge is 0.0343 e. The number of halogens is 1. The van der Waals surface area contributed by atoms with Gasteiger partial charge in [-0.2, -0.15) is 0 Å². The molecule has 0 fully saturated rings. The van der Waals surface area contributed by atoms with Gasteiger partial charge in [0.2, 0.25) is 0 Å². The van der Waals surface area contributed by atoms with Crippen LogP contribution in [0.5, 0.6) is 0 Å². The van der Waals surface area contributed by atoms with Gasteiger partial charge in [-0.05, 0) is 47.1 Å². The zero-order valence-electron chi connectivity index (χ0n) is 11.0. The second kappa shape index (κ2) is 6.03. The highest BCUT2D eigenvalue weighted by Crippen LogP contribution is 2.39. The van der Waals surface area contributed by atoms with Crippen LogP contribution in [0, 0.1) is 0 Å². The first-order valence-corrected chi connectivity index (χ1v) is 6.58. The molecule has 98 valence electrons. The maximum Gasteiger partial charge on any atom is 0.0343 e. The van der Waals surface area contributed by atoms with Gasteiger partial charge in [0.15, 0.2) is 0 Å². The summed E-state index contributed by atoms with van der Waals surface area (Å²) in [6.07, 6.45) is 8.43. The summed E-state index contributed by atoms with van der Waals surface area (Å²) in [5, 5.41) is 0. The average molecular weight is 272 g/mol. The summed E-state index contributed by atoms with van der Waals surface area (Å²) in [5.41, 5.74) is 5.53. The van der Waals surface area contributed by atoms with Crippen LogP contribution in [-0.2, 0) is 0 Å². The lowest BCUT2D eigenvalue weighted by Gasteiger charge is -2.24. The average Bonchev–Trinajstić information content (AvgIpc) is 2.47. The van der Waals surface area contributed by atoms with Gasteiger partial charge in [-0.3, -0.25) is 4.98 Å². The molecule has 0 bridgehead atoms. The number of hydrogen-bond donors (Lipinski definition) is 0.